The molecular weight excluding hydrogens is 379 g/mol. The van der Waals surface area contributed by atoms with E-state index in [1.807, 2.05) is 19.9 Å². The number of aryl methyl sites for hydroxylation is 2. The van der Waals surface area contributed by atoms with E-state index in [2.05, 4.69) is 15.3 Å². The first-order valence-corrected chi connectivity index (χ1v) is 8.80. The number of carbonyl (C=O) groups is 1. The highest BCUT2D eigenvalue weighted by Gasteiger charge is 2.16. The van der Waals surface area contributed by atoms with E-state index in [9.17, 15) is 18.0 Å². The lowest BCUT2D eigenvalue weighted by Gasteiger charge is -2.05. The molecule has 1 N–H and O–H groups in total. The molecule has 0 unspecified atom stereocenters. The Bertz CT molecular complexity index is 964. The highest BCUT2D eigenvalue weighted by atomic mass is 32.2. The Morgan fingerprint density at radius 2 is 1.70 bits per heavy atom. The number of hydrogen-bond donors (Lipinski definition) is 1. The van der Waals surface area contributed by atoms with Gasteiger partial charge in [0.2, 0.25) is 0 Å². The summed E-state index contributed by atoms with van der Waals surface area (Å²) in [6.07, 6.45) is 0. The second-order valence-electron chi connectivity index (χ2n) is 5.70. The van der Waals surface area contributed by atoms with Crippen molar-refractivity contribution in [1.29, 1.82) is 0 Å². The van der Waals surface area contributed by atoms with Gasteiger partial charge in [0.05, 0.1) is 5.75 Å². The summed E-state index contributed by atoms with van der Waals surface area (Å²) in [6, 6.07) is 6.28. The molecule has 0 aliphatic heterocycles. The number of amides is 1. The van der Waals surface area contributed by atoms with E-state index in [4.69, 9.17) is 4.42 Å². The lowest BCUT2D eigenvalue weighted by atomic mass is 10.2. The number of hydrogen-bond acceptors (Lipinski definition) is 5. The normalized spacial score (nSPS) is 10.9. The van der Waals surface area contributed by atoms with Gasteiger partial charge < -0.3 is 9.73 Å². The lowest BCUT2D eigenvalue weighted by molar-refractivity contribution is 0.0995. The van der Waals surface area contributed by atoms with E-state index in [1.165, 1.54) is 17.8 Å². The van der Waals surface area contributed by atoms with Crippen LogP contribution in [-0.2, 0) is 5.75 Å². The zero-order chi connectivity index (χ0) is 19.6. The van der Waals surface area contributed by atoms with Gasteiger partial charge in [-0.25, -0.2) is 23.1 Å². The summed E-state index contributed by atoms with van der Waals surface area (Å²) in [5, 5.41) is 2.85. The van der Waals surface area contributed by atoms with Gasteiger partial charge in [-0.2, -0.15) is 0 Å². The largest absolute Gasteiger partial charge is 0.455 e. The zero-order valence-corrected chi connectivity index (χ0v) is 15.2. The molecule has 0 radical (unpaired) electrons. The van der Waals surface area contributed by atoms with E-state index in [1.54, 1.807) is 6.07 Å². The topological polar surface area (TPSA) is 68.0 Å². The van der Waals surface area contributed by atoms with Crippen LogP contribution in [0.3, 0.4) is 0 Å². The van der Waals surface area contributed by atoms with Crippen LogP contribution in [0.15, 0.2) is 39.9 Å². The van der Waals surface area contributed by atoms with E-state index >= 15 is 0 Å². The molecule has 2 aromatic heterocycles. The predicted molar refractivity (Wildman–Crippen MR) is 94.0 cm³/mol. The van der Waals surface area contributed by atoms with E-state index in [-0.39, 0.29) is 11.4 Å². The number of rotatable bonds is 5. The van der Waals surface area contributed by atoms with Gasteiger partial charge in [0.25, 0.3) is 5.91 Å². The molecule has 0 spiro atoms. The molecule has 0 saturated carbocycles. The third-order valence-corrected chi connectivity index (χ3v) is 4.30. The van der Waals surface area contributed by atoms with Gasteiger partial charge >= 0.3 is 0 Å². The van der Waals surface area contributed by atoms with Crippen molar-refractivity contribution in [3.63, 3.8) is 0 Å². The number of anilines is 1. The second kappa shape index (κ2) is 7.83. The minimum atomic E-state index is -1.60. The van der Waals surface area contributed by atoms with Crippen LogP contribution in [0.5, 0.6) is 0 Å². The molecule has 27 heavy (non-hydrogen) atoms. The predicted octanol–water partition coefficient (Wildman–Crippen LogP) is 4.65. The molecule has 1 amide bonds. The van der Waals surface area contributed by atoms with Crippen LogP contribution in [0.4, 0.5) is 18.9 Å². The molecular formula is C18H14F3N3O2S. The van der Waals surface area contributed by atoms with Gasteiger partial charge in [0, 0.05) is 29.2 Å². The molecule has 0 atom stereocenters. The number of carbonyl (C=O) groups excluding carboxylic acids is 1. The molecule has 5 nitrogen and oxygen atoms in total. The van der Waals surface area contributed by atoms with Crippen LogP contribution in [0, 0.1) is 31.3 Å². The molecule has 1 aromatic carbocycles. The van der Waals surface area contributed by atoms with Crippen molar-refractivity contribution >= 4 is 23.4 Å². The Hall–Kier alpha value is -2.81. The smallest absolute Gasteiger partial charge is 0.291 e. The third-order valence-electron chi connectivity index (χ3n) is 3.43. The van der Waals surface area contributed by atoms with Crippen molar-refractivity contribution in [2.75, 3.05) is 5.32 Å². The number of halogens is 3. The summed E-state index contributed by atoms with van der Waals surface area (Å²) in [7, 11) is 0. The average molecular weight is 393 g/mol. The molecule has 3 rings (SSSR count). The maximum atomic E-state index is 13.2. The van der Waals surface area contributed by atoms with E-state index in [0.717, 1.165) is 11.4 Å². The highest BCUT2D eigenvalue weighted by Crippen LogP contribution is 2.22. The standard InChI is InChI=1S/C18H14F3N3O2S/c1-9-5-10(2)23-18(22-9)27-8-12-3-4-15(26-12)17(25)24-11-6-13(19)16(21)14(20)7-11/h3-7H,8H2,1-2H3,(H,24,25). The van der Waals surface area contributed by atoms with Crippen LogP contribution < -0.4 is 5.32 Å². The lowest BCUT2D eigenvalue weighted by Crippen LogP contribution is -2.11. The quantitative estimate of drug-likeness (QED) is 0.388. The Morgan fingerprint density at radius 1 is 1.07 bits per heavy atom. The first-order chi connectivity index (χ1) is 12.8. The van der Waals surface area contributed by atoms with Crippen molar-refractivity contribution < 1.29 is 22.4 Å². The monoisotopic (exact) mass is 393 g/mol. The third kappa shape index (κ3) is 4.68. The molecule has 140 valence electrons. The van der Waals surface area contributed by atoms with Gasteiger partial charge in [-0.3, -0.25) is 4.79 Å². The van der Waals surface area contributed by atoms with Crippen LogP contribution in [-0.4, -0.2) is 15.9 Å². The number of aromatic nitrogens is 2. The van der Waals surface area contributed by atoms with Gasteiger partial charge in [-0.1, -0.05) is 11.8 Å². The van der Waals surface area contributed by atoms with Crippen LogP contribution in [0.25, 0.3) is 0 Å². The van der Waals surface area contributed by atoms with Gasteiger partial charge in [0.1, 0.15) is 5.76 Å². The summed E-state index contributed by atoms with van der Waals surface area (Å²) in [5.74, 6) is -4.24. The number of benzene rings is 1. The fraction of sp³-hybridized carbons (Fsp3) is 0.167. The number of thioether (sulfide) groups is 1. The molecule has 0 fully saturated rings. The van der Waals surface area contributed by atoms with Gasteiger partial charge in [0.15, 0.2) is 28.4 Å². The fourth-order valence-electron chi connectivity index (χ4n) is 2.29. The summed E-state index contributed by atoms with van der Waals surface area (Å²) in [4.78, 5) is 20.7. The number of furan rings is 1. The van der Waals surface area contributed by atoms with Crippen molar-refractivity contribution in [2.24, 2.45) is 0 Å². The number of nitrogens with one attached hydrogen (secondary N) is 1. The second-order valence-corrected chi connectivity index (χ2v) is 6.64. The van der Waals surface area contributed by atoms with E-state index in [0.29, 0.717) is 28.8 Å². The molecule has 2 heterocycles. The summed E-state index contributed by atoms with van der Waals surface area (Å²) < 4.78 is 44.8. The minimum absolute atomic E-state index is 0.0444. The van der Waals surface area contributed by atoms with Crippen LogP contribution >= 0.6 is 11.8 Å². The van der Waals surface area contributed by atoms with Crippen molar-refractivity contribution in [3.8, 4) is 0 Å². The molecule has 0 aliphatic rings. The summed E-state index contributed by atoms with van der Waals surface area (Å²) >= 11 is 1.35. The maximum Gasteiger partial charge on any atom is 0.291 e. The van der Waals surface area contributed by atoms with Gasteiger partial charge in [-0.05, 0) is 32.0 Å². The zero-order valence-electron chi connectivity index (χ0n) is 14.3. The minimum Gasteiger partial charge on any atom is -0.455 e. The fourth-order valence-corrected chi connectivity index (χ4v) is 3.14. The van der Waals surface area contributed by atoms with Crippen LogP contribution in [0.1, 0.15) is 27.7 Å². The SMILES string of the molecule is Cc1cc(C)nc(SCc2ccc(C(=O)Nc3cc(F)c(F)c(F)c3)o2)n1. The Balaban J connectivity index is 1.65. The average Bonchev–Trinajstić information content (AvgIpc) is 3.06. The molecule has 0 saturated heterocycles. The Kier molecular flexibility index (Phi) is 5.50. The Morgan fingerprint density at radius 3 is 2.33 bits per heavy atom. The highest BCUT2D eigenvalue weighted by molar-refractivity contribution is 7.98. The Labute approximate surface area is 157 Å². The summed E-state index contributed by atoms with van der Waals surface area (Å²) in [6.45, 7) is 3.74. The van der Waals surface area contributed by atoms with Crippen LogP contribution in [0.2, 0.25) is 0 Å². The maximum absolute atomic E-state index is 13.2. The molecule has 9 heteroatoms. The van der Waals surface area contributed by atoms with Crippen molar-refractivity contribution in [3.05, 3.63) is 70.7 Å². The van der Waals surface area contributed by atoms with Crippen molar-refractivity contribution in [2.45, 2.75) is 24.8 Å². The molecule has 0 aliphatic carbocycles. The molecule has 3 aromatic rings. The molecule has 0 bridgehead atoms. The van der Waals surface area contributed by atoms with Gasteiger partial charge in [-0.15, -0.1) is 0 Å². The summed E-state index contributed by atoms with van der Waals surface area (Å²) in [5.41, 5.74) is 1.49. The number of nitrogens with zero attached hydrogens (tertiary/aromatic N) is 2. The first-order valence-electron chi connectivity index (χ1n) is 7.81. The van der Waals surface area contributed by atoms with Crippen molar-refractivity contribution in [1.82, 2.24) is 9.97 Å². The van der Waals surface area contributed by atoms with E-state index < -0.39 is 23.4 Å². The first kappa shape index (κ1) is 19.0.